The summed E-state index contributed by atoms with van der Waals surface area (Å²) < 4.78 is 0. The van der Waals surface area contributed by atoms with E-state index < -0.39 is 0 Å². The molecule has 2 nitrogen and oxygen atoms in total. The molecule has 0 aliphatic rings. The third kappa shape index (κ3) is 5.75. The zero-order valence-corrected chi connectivity index (χ0v) is 31.5. The van der Waals surface area contributed by atoms with E-state index in [9.17, 15) is 0 Å². The molecule has 0 unspecified atom stereocenters. The summed E-state index contributed by atoms with van der Waals surface area (Å²) in [5.74, 6) is 0. The van der Waals surface area contributed by atoms with Gasteiger partial charge in [-0.15, -0.1) is 0 Å². The summed E-state index contributed by atoms with van der Waals surface area (Å²) in [6, 6.07) is 75.2. The highest BCUT2D eigenvalue weighted by Crippen LogP contribution is 2.51. The molecule has 0 atom stereocenters. The molecule has 2 heteroatoms. The van der Waals surface area contributed by atoms with Crippen LogP contribution in [0.3, 0.4) is 0 Å². The highest BCUT2D eigenvalue weighted by molar-refractivity contribution is 6.29. The van der Waals surface area contributed by atoms with E-state index in [-0.39, 0.29) is 0 Å². The van der Waals surface area contributed by atoms with Crippen LogP contribution in [-0.4, -0.2) is 0 Å². The smallest absolute Gasteiger partial charge is 0.0561 e. The maximum absolute atomic E-state index is 2.48. The minimum Gasteiger partial charge on any atom is -0.310 e. The van der Waals surface area contributed by atoms with Crippen LogP contribution in [0, 0.1) is 13.8 Å². The predicted octanol–water partition coefficient (Wildman–Crippen LogP) is 15.5. The molecule has 0 saturated carbocycles. The predicted molar refractivity (Wildman–Crippen MR) is 240 cm³/mol. The third-order valence-corrected chi connectivity index (χ3v) is 11.2. The van der Waals surface area contributed by atoms with Gasteiger partial charge in [-0.05, 0) is 106 Å². The second-order valence-electron chi connectivity index (χ2n) is 14.7. The van der Waals surface area contributed by atoms with Crippen molar-refractivity contribution in [1.82, 2.24) is 0 Å². The maximum atomic E-state index is 2.48. The average molecular weight is 717 g/mol. The summed E-state index contributed by atoms with van der Waals surface area (Å²) in [6.45, 7) is 4.46. The molecule has 0 aromatic heterocycles. The topological polar surface area (TPSA) is 6.48 Å². The quantitative estimate of drug-likeness (QED) is 0.144. The molecule has 0 amide bonds. The van der Waals surface area contributed by atoms with Crippen molar-refractivity contribution < 1.29 is 0 Å². The molecule has 10 aromatic carbocycles. The first-order chi connectivity index (χ1) is 27.6. The summed E-state index contributed by atoms with van der Waals surface area (Å²) in [5, 5.41) is 7.46. The van der Waals surface area contributed by atoms with Crippen LogP contribution in [0.5, 0.6) is 0 Å². The third-order valence-electron chi connectivity index (χ3n) is 11.2. The maximum Gasteiger partial charge on any atom is 0.0561 e. The molecule has 0 fully saturated rings. The minimum absolute atomic E-state index is 1.11. The van der Waals surface area contributed by atoms with Crippen LogP contribution in [0.1, 0.15) is 11.1 Å². The monoisotopic (exact) mass is 716 g/mol. The van der Waals surface area contributed by atoms with Crippen molar-refractivity contribution in [2.75, 3.05) is 9.80 Å². The van der Waals surface area contributed by atoms with Crippen LogP contribution in [0.4, 0.5) is 34.1 Å². The zero-order valence-electron chi connectivity index (χ0n) is 31.5. The Labute approximate surface area is 328 Å². The van der Waals surface area contributed by atoms with Crippen molar-refractivity contribution in [3.05, 3.63) is 217 Å². The summed E-state index contributed by atoms with van der Waals surface area (Å²) in [7, 11) is 0. The summed E-state index contributed by atoms with van der Waals surface area (Å²) in [6.07, 6.45) is 0. The molecule has 0 spiro atoms. The van der Waals surface area contributed by atoms with Crippen molar-refractivity contribution in [2.45, 2.75) is 13.8 Å². The van der Waals surface area contributed by atoms with Gasteiger partial charge in [-0.25, -0.2) is 0 Å². The van der Waals surface area contributed by atoms with Gasteiger partial charge in [-0.2, -0.15) is 0 Å². The van der Waals surface area contributed by atoms with E-state index in [0.717, 1.165) is 34.1 Å². The molecule has 56 heavy (non-hydrogen) atoms. The van der Waals surface area contributed by atoms with Gasteiger partial charge in [0.05, 0.1) is 11.4 Å². The Morgan fingerprint density at radius 2 is 0.696 bits per heavy atom. The van der Waals surface area contributed by atoms with Crippen LogP contribution in [-0.2, 0) is 0 Å². The van der Waals surface area contributed by atoms with Crippen LogP contribution >= 0.6 is 0 Å². The first-order valence-electron chi connectivity index (χ1n) is 19.4. The van der Waals surface area contributed by atoms with Gasteiger partial charge in [0.2, 0.25) is 0 Å². The number of hydrogen-bond donors (Lipinski definition) is 0. The summed E-state index contributed by atoms with van der Waals surface area (Å²) in [4.78, 5) is 4.96. The summed E-state index contributed by atoms with van der Waals surface area (Å²) in [5.41, 5.74) is 13.9. The molecule has 0 N–H and O–H groups in total. The lowest BCUT2D eigenvalue weighted by Crippen LogP contribution is -2.16. The Kier molecular flexibility index (Phi) is 8.30. The first-order valence-corrected chi connectivity index (χ1v) is 19.4. The van der Waals surface area contributed by atoms with Crippen LogP contribution < -0.4 is 9.80 Å². The van der Waals surface area contributed by atoms with Gasteiger partial charge in [0.15, 0.2) is 0 Å². The van der Waals surface area contributed by atoms with Crippen LogP contribution in [0.15, 0.2) is 206 Å². The molecule has 0 saturated heterocycles. The highest BCUT2D eigenvalue weighted by atomic mass is 15.2. The number of para-hydroxylation sites is 2. The number of rotatable bonds is 8. The number of benzene rings is 10. The molecule has 266 valence electrons. The fourth-order valence-electron chi connectivity index (χ4n) is 8.46. The number of aryl methyl sites for hydroxylation is 2. The second kappa shape index (κ2) is 13.9. The van der Waals surface area contributed by atoms with Gasteiger partial charge in [-0.1, -0.05) is 164 Å². The molecule has 0 heterocycles. The van der Waals surface area contributed by atoms with Crippen molar-refractivity contribution in [2.24, 2.45) is 0 Å². The van der Waals surface area contributed by atoms with Crippen molar-refractivity contribution in [3.63, 3.8) is 0 Å². The molecule has 10 rings (SSSR count). The number of hydrogen-bond acceptors (Lipinski definition) is 2. The van der Waals surface area contributed by atoms with E-state index >= 15 is 0 Å². The van der Waals surface area contributed by atoms with Crippen LogP contribution in [0.2, 0.25) is 0 Å². The Morgan fingerprint density at radius 1 is 0.286 bits per heavy atom. The van der Waals surface area contributed by atoms with Gasteiger partial charge in [0, 0.05) is 38.9 Å². The molecular weight excluding hydrogens is 677 g/mol. The zero-order chi connectivity index (χ0) is 37.6. The van der Waals surface area contributed by atoms with Gasteiger partial charge < -0.3 is 9.80 Å². The SMILES string of the molecule is Cc1ccc(-c2ccccc2)cc1N(c1ccccc1)c1cc(N(c2ccccc2)c2cc(-c3ccccc3)ccc2C)c2ccc3cccc4ccc1c2c43. The van der Waals surface area contributed by atoms with Crippen LogP contribution in [0.25, 0.3) is 54.6 Å². The minimum atomic E-state index is 1.11. The number of nitrogens with zero attached hydrogens (tertiary/aromatic N) is 2. The fraction of sp³-hybridized carbons (Fsp3) is 0.0370. The largest absolute Gasteiger partial charge is 0.310 e. The van der Waals surface area contributed by atoms with Gasteiger partial charge in [-0.3, -0.25) is 0 Å². The Balaban J connectivity index is 1.33. The van der Waals surface area contributed by atoms with Gasteiger partial charge >= 0.3 is 0 Å². The molecule has 0 aliphatic heterocycles. The van der Waals surface area contributed by atoms with Crippen molar-refractivity contribution in [3.8, 4) is 22.3 Å². The van der Waals surface area contributed by atoms with Crippen molar-refractivity contribution in [1.29, 1.82) is 0 Å². The standard InChI is InChI=1S/C54H40N2/c1-37-26-28-43(39-16-7-3-8-17-39)34-49(37)55(45-22-11-5-12-23-45)51-36-52(48-33-31-42-21-15-20-41-30-32-47(51)54(48)53(41)42)56(46-24-13-6-14-25-46)50-35-44(29-27-38(50)2)40-18-9-4-10-19-40/h3-36H,1-2H3. The second-order valence-corrected chi connectivity index (χ2v) is 14.7. The number of anilines is 6. The highest BCUT2D eigenvalue weighted by Gasteiger charge is 2.26. The van der Waals surface area contributed by atoms with E-state index in [1.54, 1.807) is 0 Å². The van der Waals surface area contributed by atoms with Gasteiger partial charge in [0.1, 0.15) is 0 Å². The van der Waals surface area contributed by atoms with E-state index in [2.05, 4.69) is 230 Å². The normalized spacial score (nSPS) is 11.4. The fourth-order valence-corrected chi connectivity index (χ4v) is 8.46. The molecule has 0 bridgehead atoms. The Hall–Kier alpha value is -7.16. The van der Waals surface area contributed by atoms with Crippen molar-refractivity contribution >= 4 is 66.4 Å². The lowest BCUT2D eigenvalue weighted by molar-refractivity contribution is 1.24. The Bertz CT molecular complexity index is 2780. The van der Waals surface area contributed by atoms with E-state index in [1.807, 2.05) is 0 Å². The van der Waals surface area contributed by atoms with E-state index in [4.69, 9.17) is 0 Å². The lowest BCUT2D eigenvalue weighted by atomic mass is 9.91. The molecule has 0 aliphatic carbocycles. The average Bonchev–Trinajstić information content (AvgIpc) is 3.26. The van der Waals surface area contributed by atoms with E-state index in [1.165, 1.54) is 65.7 Å². The molecular formula is C54H40N2. The lowest BCUT2D eigenvalue weighted by Gasteiger charge is -2.33. The molecule has 10 aromatic rings. The summed E-state index contributed by atoms with van der Waals surface area (Å²) >= 11 is 0. The Morgan fingerprint density at radius 3 is 1.12 bits per heavy atom. The van der Waals surface area contributed by atoms with E-state index in [0.29, 0.717) is 0 Å². The first kappa shape index (κ1) is 33.4. The van der Waals surface area contributed by atoms with Gasteiger partial charge in [0.25, 0.3) is 0 Å². The molecule has 0 radical (unpaired) electrons.